The molecule has 1 heterocycles. The summed E-state index contributed by atoms with van der Waals surface area (Å²) in [4.78, 5) is 35.4. The molecule has 2 rings (SSSR count). The highest BCUT2D eigenvalue weighted by Crippen LogP contribution is 2.19. The Morgan fingerprint density at radius 2 is 1.76 bits per heavy atom. The van der Waals surface area contributed by atoms with Crippen molar-refractivity contribution in [3.63, 3.8) is 0 Å². The van der Waals surface area contributed by atoms with E-state index in [1.54, 1.807) is 36.6 Å². The normalized spacial score (nSPS) is 11.2. The summed E-state index contributed by atoms with van der Waals surface area (Å²) in [6.07, 6.45) is 0. The molecule has 1 amide bonds. The monoisotopic (exact) mass is 342 g/mol. The molecule has 0 spiro atoms. The number of nitrogens with zero attached hydrogens (tertiary/aromatic N) is 1. The van der Waals surface area contributed by atoms with Gasteiger partial charge in [-0.2, -0.15) is 0 Å². The molecule has 0 saturated carbocycles. The van der Waals surface area contributed by atoms with Crippen molar-refractivity contribution < 1.29 is 14.7 Å². The fourth-order valence-corrected chi connectivity index (χ4v) is 2.48. The summed E-state index contributed by atoms with van der Waals surface area (Å²) in [6, 6.07) is 11.3. The van der Waals surface area contributed by atoms with E-state index in [0.29, 0.717) is 6.54 Å². The van der Waals surface area contributed by atoms with Gasteiger partial charge >= 0.3 is 5.97 Å². The molecule has 132 valence electrons. The van der Waals surface area contributed by atoms with Gasteiger partial charge in [-0.15, -0.1) is 0 Å². The molecule has 1 aromatic carbocycles. The van der Waals surface area contributed by atoms with E-state index in [-0.39, 0.29) is 23.6 Å². The maximum atomic E-state index is 12.5. The minimum atomic E-state index is -0.986. The van der Waals surface area contributed by atoms with E-state index in [1.807, 2.05) is 13.0 Å². The highest BCUT2D eigenvalue weighted by atomic mass is 16.4. The molecule has 0 saturated heterocycles. The molecule has 0 aliphatic rings. The van der Waals surface area contributed by atoms with Crippen molar-refractivity contribution in [2.24, 2.45) is 5.41 Å². The van der Waals surface area contributed by atoms with Crippen molar-refractivity contribution in [3.05, 3.63) is 69.6 Å². The van der Waals surface area contributed by atoms with Crippen LogP contribution >= 0.6 is 0 Å². The number of carboxylic acid groups (broad SMARTS) is 1. The number of carboxylic acids is 1. The van der Waals surface area contributed by atoms with Crippen LogP contribution in [-0.2, 0) is 17.9 Å². The maximum absolute atomic E-state index is 12.5. The zero-order valence-electron chi connectivity index (χ0n) is 14.6. The van der Waals surface area contributed by atoms with E-state index in [9.17, 15) is 14.4 Å². The first kappa shape index (κ1) is 18.4. The number of aromatic nitrogens is 1. The lowest BCUT2D eigenvalue weighted by atomic mass is 9.91. The molecule has 25 heavy (non-hydrogen) atoms. The van der Waals surface area contributed by atoms with Gasteiger partial charge in [0.05, 0.1) is 11.0 Å². The van der Waals surface area contributed by atoms with Crippen molar-refractivity contribution >= 4 is 11.9 Å². The van der Waals surface area contributed by atoms with Crippen molar-refractivity contribution in [1.29, 1.82) is 0 Å². The van der Waals surface area contributed by atoms with Crippen LogP contribution < -0.4 is 10.9 Å². The molecule has 6 nitrogen and oxygen atoms in total. The number of hydrogen-bond donors (Lipinski definition) is 2. The zero-order valence-corrected chi connectivity index (χ0v) is 14.6. The summed E-state index contributed by atoms with van der Waals surface area (Å²) in [6.45, 7) is 5.98. The Balaban J connectivity index is 2.03. The summed E-state index contributed by atoms with van der Waals surface area (Å²) in [7, 11) is 0. The highest BCUT2D eigenvalue weighted by molar-refractivity contribution is 5.87. The Bertz CT molecular complexity index is 835. The number of aromatic carboxylic acids is 1. The van der Waals surface area contributed by atoms with E-state index < -0.39 is 11.4 Å². The number of amides is 1. The van der Waals surface area contributed by atoms with Gasteiger partial charge in [-0.3, -0.25) is 9.59 Å². The fraction of sp³-hybridized carbons (Fsp3) is 0.316. The van der Waals surface area contributed by atoms with E-state index in [2.05, 4.69) is 5.32 Å². The average Bonchev–Trinajstić information content (AvgIpc) is 2.56. The molecule has 0 fully saturated rings. The molecule has 0 atom stereocenters. The molecule has 0 aliphatic carbocycles. The smallest absolute Gasteiger partial charge is 0.335 e. The summed E-state index contributed by atoms with van der Waals surface area (Å²) in [5.74, 6) is -1.16. The quantitative estimate of drug-likeness (QED) is 0.842. The summed E-state index contributed by atoms with van der Waals surface area (Å²) < 4.78 is 1.58. The average molecular weight is 342 g/mol. The largest absolute Gasteiger partial charge is 0.478 e. The van der Waals surface area contributed by atoms with Crippen molar-refractivity contribution in [2.45, 2.75) is 33.9 Å². The fourth-order valence-electron chi connectivity index (χ4n) is 2.48. The second-order valence-corrected chi connectivity index (χ2v) is 6.66. The number of rotatable bonds is 6. The van der Waals surface area contributed by atoms with Gasteiger partial charge in [0.15, 0.2) is 0 Å². The zero-order chi connectivity index (χ0) is 18.6. The number of hydrogen-bond acceptors (Lipinski definition) is 3. The lowest BCUT2D eigenvalue weighted by Gasteiger charge is -2.25. The predicted octanol–water partition coefficient (Wildman–Crippen LogP) is 2.20. The van der Waals surface area contributed by atoms with Gasteiger partial charge < -0.3 is 15.0 Å². The first-order valence-electron chi connectivity index (χ1n) is 7.98. The molecular weight excluding hydrogens is 320 g/mol. The van der Waals surface area contributed by atoms with E-state index >= 15 is 0 Å². The first-order valence-corrected chi connectivity index (χ1v) is 7.98. The van der Waals surface area contributed by atoms with Gasteiger partial charge in [-0.1, -0.05) is 18.2 Å². The molecule has 0 unspecified atom stereocenters. The Labute approximate surface area is 146 Å². The van der Waals surface area contributed by atoms with Crippen LogP contribution in [-0.4, -0.2) is 21.6 Å². The van der Waals surface area contributed by atoms with Crippen LogP contribution in [0.25, 0.3) is 0 Å². The first-order chi connectivity index (χ1) is 11.7. The van der Waals surface area contributed by atoms with E-state index in [1.165, 1.54) is 18.2 Å². The lowest BCUT2D eigenvalue weighted by molar-refractivity contribution is -0.130. The minimum absolute atomic E-state index is 0.134. The Kier molecular flexibility index (Phi) is 5.41. The second kappa shape index (κ2) is 7.34. The van der Waals surface area contributed by atoms with Crippen LogP contribution in [0.3, 0.4) is 0 Å². The summed E-state index contributed by atoms with van der Waals surface area (Å²) in [5, 5.41) is 11.7. The van der Waals surface area contributed by atoms with Crippen LogP contribution in [0.4, 0.5) is 0 Å². The second-order valence-electron chi connectivity index (χ2n) is 6.66. The van der Waals surface area contributed by atoms with Gasteiger partial charge in [0.1, 0.15) is 0 Å². The number of pyridine rings is 1. The van der Waals surface area contributed by atoms with Crippen LogP contribution in [0.2, 0.25) is 0 Å². The van der Waals surface area contributed by atoms with E-state index in [0.717, 1.165) is 11.3 Å². The predicted molar refractivity (Wildman–Crippen MR) is 94.5 cm³/mol. The number of carbonyl (C=O) groups is 2. The van der Waals surface area contributed by atoms with Crippen LogP contribution in [0, 0.1) is 12.3 Å². The van der Waals surface area contributed by atoms with Crippen molar-refractivity contribution in [2.75, 3.05) is 0 Å². The third-order valence-electron chi connectivity index (χ3n) is 4.09. The topological polar surface area (TPSA) is 88.4 Å². The number of benzene rings is 1. The van der Waals surface area contributed by atoms with Crippen LogP contribution in [0.1, 0.15) is 35.5 Å². The Morgan fingerprint density at radius 1 is 1.12 bits per heavy atom. The lowest BCUT2D eigenvalue weighted by Crippen LogP contribution is -2.41. The molecule has 2 aromatic rings. The van der Waals surface area contributed by atoms with Crippen LogP contribution in [0.15, 0.2) is 47.3 Å². The van der Waals surface area contributed by atoms with Gasteiger partial charge in [0.2, 0.25) is 5.91 Å². The Hall–Kier alpha value is -2.89. The number of carbonyl (C=O) groups excluding carboxylic acids is 1. The minimum Gasteiger partial charge on any atom is -0.478 e. The van der Waals surface area contributed by atoms with Crippen LogP contribution in [0.5, 0.6) is 0 Å². The molecule has 2 N–H and O–H groups in total. The third-order valence-corrected chi connectivity index (χ3v) is 4.09. The van der Waals surface area contributed by atoms with Gasteiger partial charge in [0, 0.05) is 24.8 Å². The van der Waals surface area contributed by atoms with Gasteiger partial charge in [-0.25, -0.2) is 4.79 Å². The molecule has 0 bridgehead atoms. The number of nitrogens with one attached hydrogen (secondary N) is 1. The standard InChI is InChI=1S/C19H22N2O4/c1-13-5-4-6-16(22)21(13)12-19(2,3)18(25)20-11-14-7-9-15(10-8-14)17(23)24/h4-10H,11-12H2,1-3H3,(H,20,25)(H,23,24). The van der Waals surface area contributed by atoms with Crippen molar-refractivity contribution in [1.82, 2.24) is 9.88 Å². The van der Waals surface area contributed by atoms with E-state index in [4.69, 9.17) is 5.11 Å². The SMILES string of the molecule is Cc1cccc(=O)n1CC(C)(C)C(=O)NCc1ccc(C(=O)O)cc1. The number of aryl methyl sites for hydroxylation is 1. The summed E-state index contributed by atoms with van der Waals surface area (Å²) in [5.41, 5.74) is 0.913. The molecular formula is C19H22N2O4. The maximum Gasteiger partial charge on any atom is 0.335 e. The van der Waals surface area contributed by atoms with Gasteiger partial charge in [-0.05, 0) is 44.5 Å². The van der Waals surface area contributed by atoms with Crippen molar-refractivity contribution in [3.8, 4) is 0 Å². The molecule has 0 aliphatic heterocycles. The highest BCUT2D eigenvalue weighted by Gasteiger charge is 2.28. The summed E-state index contributed by atoms with van der Waals surface area (Å²) >= 11 is 0. The molecule has 0 radical (unpaired) electrons. The third kappa shape index (κ3) is 4.56. The molecule has 6 heteroatoms. The van der Waals surface area contributed by atoms with Gasteiger partial charge in [0.25, 0.3) is 5.56 Å². The Morgan fingerprint density at radius 3 is 2.32 bits per heavy atom. The molecule has 1 aromatic heterocycles.